The largest absolute Gasteiger partial charge is 0.363 e. The molecule has 0 aliphatic carbocycles. The molecule has 0 fully saturated rings. The number of anilines is 1. The van der Waals surface area contributed by atoms with Gasteiger partial charge in [0.2, 0.25) is 5.91 Å². The minimum absolute atomic E-state index is 0.0516. The summed E-state index contributed by atoms with van der Waals surface area (Å²) in [5, 5.41) is 0. The minimum atomic E-state index is 0.0516. The first-order chi connectivity index (χ1) is 18.0. The summed E-state index contributed by atoms with van der Waals surface area (Å²) in [7, 11) is 4.19. The molecule has 5 rings (SSSR count). The van der Waals surface area contributed by atoms with Gasteiger partial charge >= 0.3 is 0 Å². The van der Waals surface area contributed by atoms with Gasteiger partial charge in [0.1, 0.15) is 0 Å². The number of benzene rings is 3. The van der Waals surface area contributed by atoms with E-state index in [2.05, 4.69) is 101 Å². The molecule has 1 aliphatic rings. The fraction of sp³-hybridized carbons (Fsp3) is 0.290. The van der Waals surface area contributed by atoms with Crippen LogP contribution in [-0.2, 0) is 30.8 Å². The standard InChI is InChI=1S/C31H35N5O/c1-23(37)36-19-27-16-25(30-12-8-7-11-26(30)18-34(2)3)13-14-31(27)35(20-28-17-32-22-33-28)21-29(36)15-24-9-5-4-6-10-24/h4-14,16-17,22,29H,15,18-21H2,1-3H3,(H,32,33). The topological polar surface area (TPSA) is 55.5 Å². The summed E-state index contributed by atoms with van der Waals surface area (Å²) in [6.07, 6.45) is 4.48. The van der Waals surface area contributed by atoms with Crippen LogP contribution in [0.3, 0.4) is 0 Å². The highest BCUT2D eigenvalue weighted by molar-refractivity contribution is 5.76. The van der Waals surface area contributed by atoms with E-state index in [1.165, 1.54) is 33.5 Å². The number of nitrogens with one attached hydrogen (secondary N) is 1. The average molecular weight is 494 g/mol. The van der Waals surface area contributed by atoms with Gasteiger partial charge in [0, 0.05) is 38.4 Å². The number of rotatable bonds is 7. The summed E-state index contributed by atoms with van der Waals surface area (Å²) in [5.74, 6) is 0.104. The van der Waals surface area contributed by atoms with Gasteiger partial charge in [0.15, 0.2) is 0 Å². The molecule has 2 heterocycles. The maximum atomic E-state index is 13.0. The Morgan fingerprint density at radius 1 is 1.05 bits per heavy atom. The summed E-state index contributed by atoms with van der Waals surface area (Å²) in [5.41, 5.74) is 8.26. The van der Waals surface area contributed by atoms with Crippen LogP contribution < -0.4 is 4.90 Å². The Morgan fingerprint density at radius 2 is 1.84 bits per heavy atom. The van der Waals surface area contributed by atoms with E-state index in [-0.39, 0.29) is 11.9 Å². The predicted molar refractivity (Wildman–Crippen MR) is 149 cm³/mol. The van der Waals surface area contributed by atoms with Gasteiger partial charge in [-0.1, -0.05) is 60.7 Å². The summed E-state index contributed by atoms with van der Waals surface area (Å²) in [6.45, 7) is 4.58. The van der Waals surface area contributed by atoms with E-state index in [0.29, 0.717) is 13.1 Å². The van der Waals surface area contributed by atoms with Crippen molar-refractivity contribution in [2.75, 3.05) is 25.5 Å². The van der Waals surface area contributed by atoms with E-state index in [1.807, 2.05) is 17.2 Å². The molecule has 3 aromatic carbocycles. The van der Waals surface area contributed by atoms with Crippen molar-refractivity contribution in [2.24, 2.45) is 0 Å². The van der Waals surface area contributed by atoms with Crippen LogP contribution >= 0.6 is 0 Å². The zero-order chi connectivity index (χ0) is 25.8. The Morgan fingerprint density at radius 3 is 2.57 bits per heavy atom. The van der Waals surface area contributed by atoms with E-state index in [0.717, 1.165) is 25.2 Å². The van der Waals surface area contributed by atoms with E-state index in [4.69, 9.17) is 0 Å². The lowest BCUT2D eigenvalue weighted by Gasteiger charge is -2.32. The summed E-state index contributed by atoms with van der Waals surface area (Å²) in [6, 6.07) is 25.8. The van der Waals surface area contributed by atoms with Crippen molar-refractivity contribution in [2.45, 2.75) is 39.0 Å². The third-order valence-electron chi connectivity index (χ3n) is 7.07. The van der Waals surface area contributed by atoms with Gasteiger partial charge in [-0.15, -0.1) is 0 Å². The number of carbonyl (C=O) groups is 1. The van der Waals surface area contributed by atoms with Crippen molar-refractivity contribution in [1.82, 2.24) is 19.8 Å². The molecule has 1 atom stereocenters. The van der Waals surface area contributed by atoms with E-state index >= 15 is 0 Å². The lowest BCUT2D eigenvalue weighted by Crippen LogP contribution is -2.44. The van der Waals surface area contributed by atoms with Gasteiger partial charge in [-0.25, -0.2) is 4.98 Å². The zero-order valence-electron chi connectivity index (χ0n) is 21.9. The van der Waals surface area contributed by atoms with E-state index in [1.54, 1.807) is 13.3 Å². The van der Waals surface area contributed by atoms with Gasteiger partial charge in [0.05, 0.1) is 24.6 Å². The van der Waals surface area contributed by atoms with E-state index in [9.17, 15) is 4.79 Å². The molecule has 1 aromatic heterocycles. The molecule has 6 nitrogen and oxygen atoms in total. The van der Waals surface area contributed by atoms with Crippen LogP contribution in [-0.4, -0.2) is 52.4 Å². The number of H-pyrrole nitrogens is 1. The molecular weight excluding hydrogens is 458 g/mol. The number of fused-ring (bicyclic) bond motifs is 1. The van der Waals surface area contributed by atoms with Crippen molar-refractivity contribution < 1.29 is 4.79 Å². The van der Waals surface area contributed by atoms with Gasteiger partial charge in [-0.3, -0.25) is 4.79 Å². The number of aromatic nitrogens is 2. The van der Waals surface area contributed by atoms with Gasteiger partial charge in [0.25, 0.3) is 0 Å². The SMILES string of the molecule is CC(=O)N1Cc2cc(-c3ccccc3CN(C)C)ccc2N(Cc2c[nH]cn2)CC1Cc1ccccc1. The molecule has 37 heavy (non-hydrogen) atoms. The molecule has 0 bridgehead atoms. The fourth-order valence-corrected chi connectivity index (χ4v) is 5.38. The highest BCUT2D eigenvalue weighted by Crippen LogP contribution is 2.34. The van der Waals surface area contributed by atoms with Crippen molar-refractivity contribution in [1.29, 1.82) is 0 Å². The summed E-state index contributed by atoms with van der Waals surface area (Å²) >= 11 is 0. The van der Waals surface area contributed by atoms with Crippen LogP contribution in [0.15, 0.2) is 85.3 Å². The molecule has 0 saturated heterocycles. The quantitative estimate of drug-likeness (QED) is 0.388. The number of hydrogen-bond acceptors (Lipinski definition) is 4. The van der Waals surface area contributed by atoms with Crippen LogP contribution in [0.2, 0.25) is 0 Å². The molecule has 6 heteroatoms. The molecule has 1 amide bonds. The lowest BCUT2D eigenvalue weighted by molar-refractivity contribution is -0.131. The first-order valence-corrected chi connectivity index (χ1v) is 12.9. The van der Waals surface area contributed by atoms with Crippen LogP contribution in [0.1, 0.15) is 29.3 Å². The van der Waals surface area contributed by atoms with E-state index < -0.39 is 0 Å². The molecule has 190 valence electrons. The third kappa shape index (κ3) is 5.75. The molecule has 0 saturated carbocycles. The maximum Gasteiger partial charge on any atom is 0.220 e. The van der Waals surface area contributed by atoms with Gasteiger partial charge in [-0.05, 0) is 60.5 Å². The van der Waals surface area contributed by atoms with Crippen LogP contribution in [0.4, 0.5) is 5.69 Å². The first kappa shape index (κ1) is 24.8. The summed E-state index contributed by atoms with van der Waals surface area (Å²) in [4.78, 5) is 27.2. The Labute approximate surface area is 219 Å². The Kier molecular flexibility index (Phi) is 7.37. The highest BCUT2D eigenvalue weighted by Gasteiger charge is 2.30. The second kappa shape index (κ2) is 11.0. The van der Waals surface area contributed by atoms with Crippen LogP contribution in [0, 0.1) is 0 Å². The third-order valence-corrected chi connectivity index (χ3v) is 7.07. The number of hydrogen-bond donors (Lipinski definition) is 1. The number of aromatic amines is 1. The number of imidazole rings is 1. The zero-order valence-corrected chi connectivity index (χ0v) is 21.9. The maximum absolute atomic E-state index is 13.0. The Hall–Kier alpha value is -3.90. The molecule has 4 aromatic rings. The Bertz CT molecular complexity index is 1330. The van der Waals surface area contributed by atoms with Crippen LogP contribution in [0.5, 0.6) is 0 Å². The predicted octanol–water partition coefficient (Wildman–Crippen LogP) is 5.12. The summed E-state index contributed by atoms with van der Waals surface area (Å²) < 4.78 is 0. The molecule has 1 aliphatic heterocycles. The first-order valence-electron chi connectivity index (χ1n) is 12.9. The number of amides is 1. The highest BCUT2D eigenvalue weighted by atomic mass is 16.2. The molecule has 0 radical (unpaired) electrons. The molecule has 1 unspecified atom stereocenters. The molecular formula is C31H35N5O. The normalized spacial score (nSPS) is 15.5. The molecule has 1 N–H and O–H groups in total. The smallest absolute Gasteiger partial charge is 0.220 e. The second-order valence-corrected chi connectivity index (χ2v) is 10.2. The van der Waals surface area contributed by atoms with Crippen molar-refractivity contribution >= 4 is 11.6 Å². The van der Waals surface area contributed by atoms with Gasteiger partial charge < -0.3 is 19.7 Å². The number of nitrogens with zero attached hydrogens (tertiary/aromatic N) is 4. The van der Waals surface area contributed by atoms with Crippen LogP contribution in [0.25, 0.3) is 11.1 Å². The second-order valence-electron chi connectivity index (χ2n) is 10.2. The lowest BCUT2D eigenvalue weighted by atomic mass is 9.96. The van der Waals surface area contributed by atoms with Crippen molar-refractivity contribution in [3.8, 4) is 11.1 Å². The van der Waals surface area contributed by atoms with Crippen molar-refractivity contribution in [3.05, 3.63) is 108 Å². The average Bonchev–Trinajstić information content (AvgIpc) is 3.35. The fourth-order valence-electron chi connectivity index (χ4n) is 5.38. The monoisotopic (exact) mass is 493 g/mol. The number of carbonyl (C=O) groups excluding carboxylic acids is 1. The minimum Gasteiger partial charge on any atom is -0.363 e. The Balaban J connectivity index is 1.56. The molecule has 0 spiro atoms. The van der Waals surface area contributed by atoms with Crippen molar-refractivity contribution in [3.63, 3.8) is 0 Å². The van der Waals surface area contributed by atoms with Gasteiger partial charge in [-0.2, -0.15) is 0 Å².